The number of anilines is 1. The summed E-state index contributed by atoms with van der Waals surface area (Å²) in [5, 5.41) is 0.438. The summed E-state index contributed by atoms with van der Waals surface area (Å²) < 4.78 is 20.6. The Labute approximate surface area is 182 Å². The Morgan fingerprint density at radius 2 is 1.87 bits per heavy atom. The van der Waals surface area contributed by atoms with Crippen molar-refractivity contribution in [2.45, 2.75) is 37.8 Å². The molecule has 5 nitrogen and oxygen atoms in total. The van der Waals surface area contributed by atoms with Crippen LogP contribution in [-0.4, -0.2) is 22.8 Å². The average Bonchev–Trinajstić information content (AvgIpc) is 3.33. The maximum absolute atomic E-state index is 13.7. The fourth-order valence-corrected chi connectivity index (χ4v) is 6.00. The zero-order valence-corrected chi connectivity index (χ0v) is 17.4. The molecule has 3 unspecified atom stereocenters. The van der Waals surface area contributed by atoms with Crippen LogP contribution in [0.1, 0.15) is 37.3 Å². The first-order valence-corrected chi connectivity index (χ1v) is 11.3. The first kappa shape index (κ1) is 18.7. The van der Waals surface area contributed by atoms with Crippen LogP contribution in [0.5, 0.6) is 0 Å². The molecule has 2 aliphatic heterocycles. The van der Waals surface area contributed by atoms with E-state index in [9.17, 15) is 14.0 Å². The molecule has 3 aliphatic rings. The highest BCUT2D eigenvalue weighted by atomic mass is 32.1. The lowest BCUT2D eigenvalue weighted by Crippen LogP contribution is -2.39. The van der Waals surface area contributed by atoms with Crippen LogP contribution in [0.2, 0.25) is 0 Å². The molecule has 1 aromatic heterocycles. The number of hydrogen-bond acceptors (Lipinski definition) is 5. The van der Waals surface area contributed by atoms with Crippen molar-refractivity contribution in [3.05, 3.63) is 71.2 Å². The summed E-state index contributed by atoms with van der Waals surface area (Å²) in [6, 6.07) is 13.3. The number of fused-ring (bicyclic) bond motifs is 2. The van der Waals surface area contributed by atoms with Gasteiger partial charge in [0.25, 0.3) is 5.91 Å². The Hall–Kier alpha value is -3.06. The monoisotopic (exact) mass is 434 g/mol. The number of ether oxygens (including phenoxy) is 1. The molecule has 0 spiro atoms. The number of nitrogens with zero attached hydrogens (tertiary/aromatic N) is 2. The summed E-state index contributed by atoms with van der Waals surface area (Å²) in [5.74, 6) is -0.720. The van der Waals surface area contributed by atoms with Crippen LogP contribution in [0.25, 0.3) is 10.2 Å². The summed E-state index contributed by atoms with van der Waals surface area (Å²) in [7, 11) is 0. The van der Waals surface area contributed by atoms with Gasteiger partial charge in [0.05, 0.1) is 27.7 Å². The van der Waals surface area contributed by atoms with Gasteiger partial charge in [0.15, 0.2) is 16.7 Å². The zero-order valence-electron chi connectivity index (χ0n) is 16.6. The second kappa shape index (κ2) is 6.99. The van der Waals surface area contributed by atoms with Crippen LogP contribution in [-0.2, 0) is 14.3 Å². The third-order valence-electron chi connectivity index (χ3n) is 6.42. The van der Waals surface area contributed by atoms with Gasteiger partial charge in [-0.25, -0.2) is 9.37 Å². The highest BCUT2D eigenvalue weighted by Crippen LogP contribution is 2.49. The van der Waals surface area contributed by atoms with E-state index in [4.69, 9.17) is 4.74 Å². The van der Waals surface area contributed by atoms with E-state index in [0.717, 1.165) is 31.2 Å². The van der Waals surface area contributed by atoms with Gasteiger partial charge < -0.3 is 4.74 Å². The molecule has 3 aromatic rings. The number of halogens is 1. The van der Waals surface area contributed by atoms with Crippen LogP contribution in [0.15, 0.2) is 59.9 Å². The van der Waals surface area contributed by atoms with Crippen molar-refractivity contribution in [1.82, 2.24) is 4.98 Å². The molecule has 31 heavy (non-hydrogen) atoms. The number of aromatic nitrogens is 1. The molecule has 6 rings (SSSR count). The van der Waals surface area contributed by atoms with Crippen LogP contribution < -0.4 is 4.90 Å². The molecule has 1 aliphatic carbocycles. The van der Waals surface area contributed by atoms with E-state index < -0.39 is 6.04 Å². The first-order valence-electron chi connectivity index (χ1n) is 10.5. The predicted octanol–water partition coefficient (Wildman–Crippen LogP) is 4.94. The van der Waals surface area contributed by atoms with Gasteiger partial charge in [-0.2, -0.15) is 0 Å². The summed E-state index contributed by atoms with van der Waals surface area (Å²) in [6.45, 7) is 0. The minimum absolute atomic E-state index is 0.0165. The van der Waals surface area contributed by atoms with Crippen LogP contribution >= 0.6 is 11.3 Å². The van der Waals surface area contributed by atoms with E-state index in [1.54, 1.807) is 11.0 Å². The maximum Gasteiger partial charge on any atom is 0.296 e. The lowest BCUT2D eigenvalue weighted by Gasteiger charge is -2.35. The molecule has 1 fully saturated rings. The summed E-state index contributed by atoms with van der Waals surface area (Å²) in [5.41, 5.74) is 1.88. The fraction of sp³-hybridized carbons (Fsp3) is 0.292. The SMILES string of the molecule is O=C1C2=C(OC3CCCCC13)C(=O)N(c1nc3ccc(F)cc3s1)C2c1ccccc1. The first-order chi connectivity index (χ1) is 15.1. The molecule has 2 aromatic carbocycles. The summed E-state index contributed by atoms with van der Waals surface area (Å²) in [6.07, 6.45) is 3.34. The molecule has 0 radical (unpaired) electrons. The standard InChI is InChI=1S/C24H19FN2O3S/c25-14-10-11-16-18(12-14)31-24(26-16)27-20(13-6-2-1-3-7-13)19-21(28)15-8-4-5-9-17(15)30-22(19)23(27)29/h1-3,6-7,10-12,15,17,20H,4-5,8-9H2. The van der Waals surface area contributed by atoms with Crippen LogP contribution in [0.3, 0.4) is 0 Å². The number of carbonyl (C=O) groups excluding carboxylic acids is 2. The molecule has 156 valence electrons. The maximum atomic E-state index is 13.7. The number of carbonyl (C=O) groups is 2. The zero-order chi connectivity index (χ0) is 21.1. The van der Waals surface area contributed by atoms with Crippen molar-refractivity contribution in [1.29, 1.82) is 0 Å². The molecule has 7 heteroatoms. The third kappa shape index (κ3) is 2.83. The molecule has 1 amide bonds. The van der Waals surface area contributed by atoms with Crippen molar-refractivity contribution in [3.63, 3.8) is 0 Å². The molecule has 0 N–H and O–H groups in total. The van der Waals surface area contributed by atoms with E-state index in [0.29, 0.717) is 20.9 Å². The second-order valence-corrected chi connectivity index (χ2v) is 9.26. The van der Waals surface area contributed by atoms with Crippen molar-refractivity contribution in [2.75, 3.05) is 4.90 Å². The highest BCUT2D eigenvalue weighted by molar-refractivity contribution is 7.22. The Bertz CT molecular complexity index is 1250. The summed E-state index contributed by atoms with van der Waals surface area (Å²) in [4.78, 5) is 33.3. The van der Waals surface area contributed by atoms with E-state index >= 15 is 0 Å². The molecular formula is C24H19FN2O3S. The molecule has 3 heterocycles. The number of ketones is 1. The number of amides is 1. The highest BCUT2D eigenvalue weighted by Gasteiger charge is 2.53. The fourth-order valence-electron chi connectivity index (χ4n) is 4.98. The van der Waals surface area contributed by atoms with Crippen molar-refractivity contribution in [2.24, 2.45) is 5.92 Å². The van der Waals surface area contributed by atoms with Gasteiger partial charge >= 0.3 is 0 Å². The smallest absolute Gasteiger partial charge is 0.296 e. The normalized spacial score (nSPS) is 25.6. The largest absolute Gasteiger partial charge is 0.483 e. The van der Waals surface area contributed by atoms with Gasteiger partial charge in [0.1, 0.15) is 11.9 Å². The molecule has 0 saturated heterocycles. The number of benzene rings is 2. The summed E-state index contributed by atoms with van der Waals surface area (Å²) >= 11 is 1.24. The van der Waals surface area contributed by atoms with Gasteiger partial charge in [-0.3, -0.25) is 14.5 Å². The number of rotatable bonds is 2. The number of hydrogen-bond donors (Lipinski definition) is 0. The van der Waals surface area contributed by atoms with E-state index in [2.05, 4.69) is 4.98 Å². The molecule has 3 atom stereocenters. The van der Waals surface area contributed by atoms with Crippen LogP contribution in [0, 0.1) is 11.7 Å². The van der Waals surface area contributed by atoms with Crippen LogP contribution in [0.4, 0.5) is 9.52 Å². The molecule has 1 saturated carbocycles. The van der Waals surface area contributed by atoms with Gasteiger partial charge in [0.2, 0.25) is 0 Å². The van der Waals surface area contributed by atoms with Gasteiger partial charge in [-0.05, 0) is 43.0 Å². The van der Waals surface area contributed by atoms with E-state index in [-0.39, 0.29) is 35.3 Å². The lowest BCUT2D eigenvalue weighted by molar-refractivity contribution is -0.131. The minimum atomic E-state index is -0.593. The molecular weight excluding hydrogens is 415 g/mol. The minimum Gasteiger partial charge on any atom is -0.483 e. The van der Waals surface area contributed by atoms with Gasteiger partial charge in [-0.1, -0.05) is 48.1 Å². The third-order valence-corrected chi connectivity index (χ3v) is 7.44. The van der Waals surface area contributed by atoms with Gasteiger partial charge in [0, 0.05) is 0 Å². The topological polar surface area (TPSA) is 59.5 Å². The Morgan fingerprint density at radius 1 is 1.06 bits per heavy atom. The van der Waals surface area contributed by atoms with Crippen molar-refractivity contribution < 1.29 is 18.7 Å². The van der Waals surface area contributed by atoms with E-state index in [1.165, 1.54) is 23.5 Å². The lowest BCUT2D eigenvalue weighted by atomic mass is 9.77. The quantitative estimate of drug-likeness (QED) is 0.574. The average molecular weight is 434 g/mol. The van der Waals surface area contributed by atoms with Crippen molar-refractivity contribution in [3.8, 4) is 0 Å². The van der Waals surface area contributed by atoms with Crippen molar-refractivity contribution >= 4 is 38.4 Å². The molecule has 0 bridgehead atoms. The second-order valence-electron chi connectivity index (χ2n) is 8.25. The van der Waals surface area contributed by atoms with Gasteiger partial charge in [-0.15, -0.1) is 0 Å². The number of thiazole rings is 1. The Morgan fingerprint density at radius 3 is 2.71 bits per heavy atom. The Balaban J connectivity index is 1.51. The Kier molecular flexibility index (Phi) is 4.21. The number of Topliss-reactive ketones (excluding diaryl/α,β-unsaturated/α-hetero) is 1. The predicted molar refractivity (Wildman–Crippen MR) is 115 cm³/mol. The van der Waals surface area contributed by atoms with E-state index in [1.807, 2.05) is 30.3 Å².